The van der Waals surface area contributed by atoms with Gasteiger partial charge in [0.25, 0.3) is 0 Å². The first-order valence-electron chi connectivity index (χ1n) is 7.06. The summed E-state index contributed by atoms with van der Waals surface area (Å²) >= 11 is 0. The summed E-state index contributed by atoms with van der Waals surface area (Å²) in [5.74, 6) is 0. The summed E-state index contributed by atoms with van der Waals surface area (Å²) in [5, 5.41) is 0. The van der Waals surface area contributed by atoms with Crippen LogP contribution in [0, 0.1) is 0 Å². The number of ether oxygens (including phenoxy) is 1. The predicted octanol–water partition coefficient (Wildman–Crippen LogP) is 1.69. The Morgan fingerprint density at radius 2 is 1.21 bits per heavy atom. The first-order chi connectivity index (χ1) is 9.45. The smallest absolute Gasteiger partial charge is 0.241 e. The molecule has 19 heavy (non-hydrogen) atoms. The summed E-state index contributed by atoms with van der Waals surface area (Å²) in [4.78, 5) is 5.98. The van der Waals surface area contributed by atoms with Crippen LogP contribution in [-0.4, -0.2) is 23.2 Å². The second-order valence-electron chi connectivity index (χ2n) is 3.31. The minimum absolute atomic E-state index is 0.744. The van der Waals surface area contributed by atoms with Crippen LogP contribution in [0.15, 0.2) is 37.4 Å². The van der Waals surface area contributed by atoms with E-state index in [1.165, 1.54) is 0 Å². The normalized spacial score (nSPS) is 9.05. The van der Waals surface area contributed by atoms with Gasteiger partial charge in [0.1, 0.15) is 37.9 Å². The molecule has 0 radical (unpaired) electrons. The summed E-state index contributed by atoms with van der Waals surface area (Å²) in [5.41, 5.74) is 0. The Balaban J connectivity index is 0.000000741. The molecule has 0 spiro atoms. The number of H-pyrrole nitrogens is 2. The Morgan fingerprint density at radius 3 is 1.53 bits per heavy atom. The lowest BCUT2D eigenvalue weighted by atomic mass is 10.6. The maximum absolute atomic E-state index is 5.51. The van der Waals surface area contributed by atoms with Gasteiger partial charge >= 0.3 is 0 Å². The molecule has 5 nitrogen and oxygen atoms in total. The minimum Gasteiger partial charge on any atom is -0.373 e. The molecule has 5 heteroatoms. The highest BCUT2D eigenvalue weighted by Crippen LogP contribution is 1.78. The molecule has 2 aromatic rings. The lowest BCUT2D eigenvalue weighted by Crippen LogP contribution is -2.36. The molecule has 0 saturated carbocycles. The molecule has 2 N–H and O–H groups in total. The Morgan fingerprint density at radius 1 is 0.789 bits per heavy atom. The van der Waals surface area contributed by atoms with Gasteiger partial charge in [-0.3, -0.25) is 9.97 Å². The summed E-state index contributed by atoms with van der Waals surface area (Å²) in [6.07, 6.45) is 11.6. The van der Waals surface area contributed by atoms with Crippen LogP contribution in [0.1, 0.15) is 27.7 Å². The van der Waals surface area contributed by atoms with Crippen molar-refractivity contribution in [3.63, 3.8) is 0 Å². The van der Waals surface area contributed by atoms with E-state index in [-0.39, 0.29) is 0 Å². The number of rotatable bonds is 6. The lowest BCUT2D eigenvalue weighted by Gasteiger charge is -2.00. The molecule has 2 aromatic heterocycles. The molecule has 2 rings (SSSR count). The molecule has 0 atom stereocenters. The van der Waals surface area contributed by atoms with Crippen molar-refractivity contribution in [3.05, 3.63) is 37.4 Å². The van der Waals surface area contributed by atoms with Gasteiger partial charge < -0.3 is 4.74 Å². The fourth-order valence-electron chi connectivity index (χ4n) is 1.36. The fraction of sp³-hybridized carbons (Fsp3) is 0.571. The van der Waals surface area contributed by atoms with E-state index in [1.54, 1.807) is 0 Å². The summed E-state index contributed by atoms with van der Waals surface area (Å²) in [6.45, 7) is 11.3. The van der Waals surface area contributed by atoms with Crippen molar-refractivity contribution in [1.82, 2.24) is 9.97 Å². The van der Waals surface area contributed by atoms with Gasteiger partial charge in [0.05, 0.1) is 13.2 Å². The van der Waals surface area contributed by atoms with Crippen molar-refractivity contribution in [3.8, 4) is 0 Å². The zero-order chi connectivity index (χ0) is 14.3. The highest BCUT2D eigenvalue weighted by Gasteiger charge is 1.98. The van der Waals surface area contributed by atoms with Crippen molar-refractivity contribution in [1.29, 1.82) is 0 Å². The van der Waals surface area contributed by atoms with Crippen molar-refractivity contribution in [2.75, 3.05) is 13.2 Å². The van der Waals surface area contributed by atoms with Gasteiger partial charge in [0, 0.05) is 0 Å². The molecule has 0 saturated heterocycles. The number of aromatic amines is 2. The van der Waals surface area contributed by atoms with Gasteiger partial charge in [0.15, 0.2) is 0 Å². The van der Waals surface area contributed by atoms with Gasteiger partial charge in [-0.1, -0.05) is 27.7 Å². The molecular weight excluding hydrogens is 240 g/mol. The van der Waals surface area contributed by atoms with E-state index in [1.807, 2.05) is 65.1 Å². The fourth-order valence-corrected chi connectivity index (χ4v) is 1.36. The average molecular weight is 268 g/mol. The van der Waals surface area contributed by atoms with Gasteiger partial charge in [0.2, 0.25) is 12.7 Å². The Hall–Kier alpha value is -1.62. The van der Waals surface area contributed by atoms with Crippen LogP contribution in [-0.2, 0) is 17.8 Å². The second-order valence-corrected chi connectivity index (χ2v) is 3.31. The van der Waals surface area contributed by atoms with E-state index in [0.717, 1.165) is 26.3 Å². The number of hydrogen-bond acceptors (Lipinski definition) is 1. The van der Waals surface area contributed by atoms with E-state index in [2.05, 4.69) is 19.1 Å². The lowest BCUT2D eigenvalue weighted by molar-refractivity contribution is -0.704. The Bertz CT molecular complexity index is 320. The highest BCUT2D eigenvalue weighted by atomic mass is 16.5. The molecule has 0 unspecified atom stereocenters. The quantitative estimate of drug-likeness (QED) is 0.608. The topological polar surface area (TPSA) is 48.6 Å². The van der Waals surface area contributed by atoms with Gasteiger partial charge in [-0.2, -0.15) is 0 Å². The molecule has 0 amide bonds. The van der Waals surface area contributed by atoms with Crippen molar-refractivity contribution >= 4 is 0 Å². The van der Waals surface area contributed by atoms with Crippen molar-refractivity contribution in [2.24, 2.45) is 0 Å². The van der Waals surface area contributed by atoms with E-state index >= 15 is 0 Å². The third-order valence-corrected chi connectivity index (χ3v) is 2.19. The van der Waals surface area contributed by atoms with E-state index in [9.17, 15) is 0 Å². The molecule has 108 valence electrons. The average Bonchev–Trinajstić information content (AvgIpc) is 3.16. The number of nitrogens with one attached hydrogen (secondary N) is 2. The highest BCUT2D eigenvalue weighted by molar-refractivity contribution is 4.56. The van der Waals surface area contributed by atoms with E-state index in [4.69, 9.17) is 4.74 Å². The van der Waals surface area contributed by atoms with Crippen LogP contribution in [0.3, 0.4) is 0 Å². The standard InChI is InChI=1S/C10H14N4O.2C2H6/c1-3-13(9-11-1)5-7-15-8-6-14-4-2-12-10-14;2*1-2/h1-4,9-10H,5-8H2;2*1-2H3/p+2. The van der Waals surface area contributed by atoms with E-state index < -0.39 is 0 Å². The molecule has 0 aliphatic heterocycles. The first-order valence-corrected chi connectivity index (χ1v) is 7.06. The van der Waals surface area contributed by atoms with Gasteiger partial charge in [-0.25, -0.2) is 9.13 Å². The third kappa shape index (κ3) is 8.15. The SMILES string of the molecule is CC.CC.c1c[n+](CCOCC[n+]2cc[nH]c2)c[nH]1. The van der Waals surface area contributed by atoms with Crippen LogP contribution < -0.4 is 9.13 Å². The monoisotopic (exact) mass is 268 g/mol. The molecule has 0 aliphatic carbocycles. The molecular formula is C14H28N4O+2. The molecule has 2 heterocycles. The Labute approximate surface area is 116 Å². The predicted molar refractivity (Wildman–Crippen MR) is 75.5 cm³/mol. The van der Waals surface area contributed by atoms with Crippen LogP contribution in [0.25, 0.3) is 0 Å². The Kier molecular flexibility index (Phi) is 11.7. The van der Waals surface area contributed by atoms with Crippen molar-refractivity contribution in [2.45, 2.75) is 40.8 Å². The molecule has 0 aromatic carbocycles. The van der Waals surface area contributed by atoms with Crippen LogP contribution in [0.4, 0.5) is 0 Å². The number of imidazole rings is 2. The number of aromatic nitrogens is 4. The molecule has 0 fully saturated rings. The van der Waals surface area contributed by atoms with Crippen LogP contribution in [0.5, 0.6) is 0 Å². The summed E-state index contributed by atoms with van der Waals surface area (Å²) in [7, 11) is 0. The number of nitrogens with zero attached hydrogens (tertiary/aromatic N) is 2. The zero-order valence-electron chi connectivity index (χ0n) is 12.6. The summed E-state index contributed by atoms with van der Waals surface area (Å²) < 4.78 is 9.63. The van der Waals surface area contributed by atoms with Crippen LogP contribution >= 0.6 is 0 Å². The zero-order valence-corrected chi connectivity index (χ0v) is 12.6. The first kappa shape index (κ1) is 17.4. The van der Waals surface area contributed by atoms with Crippen molar-refractivity contribution < 1.29 is 13.9 Å². The van der Waals surface area contributed by atoms with Crippen LogP contribution in [0.2, 0.25) is 0 Å². The third-order valence-electron chi connectivity index (χ3n) is 2.19. The number of hydrogen-bond donors (Lipinski definition) is 2. The maximum atomic E-state index is 5.51. The minimum atomic E-state index is 0.744. The van der Waals surface area contributed by atoms with Gasteiger partial charge in [-0.15, -0.1) is 0 Å². The second kappa shape index (κ2) is 12.8. The molecule has 0 aliphatic rings. The largest absolute Gasteiger partial charge is 0.373 e. The maximum Gasteiger partial charge on any atom is 0.241 e. The van der Waals surface area contributed by atoms with Gasteiger partial charge in [-0.05, 0) is 0 Å². The summed E-state index contributed by atoms with van der Waals surface area (Å²) in [6, 6.07) is 0. The molecule has 0 bridgehead atoms. The van der Waals surface area contributed by atoms with E-state index in [0.29, 0.717) is 0 Å².